The number of fused-ring (bicyclic) bond motifs is 1. The molecule has 0 aliphatic carbocycles. The summed E-state index contributed by atoms with van der Waals surface area (Å²) >= 11 is 0. The minimum atomic E-state index is -0.147. The lowest BCUT2D eigenvalue weighted by atomic mass is 10.0. The lowest BCUT2D eigenvalue weighted by molar-refractivity contribution is 0.110. The summed E-state index contributed by atoms with van der Waals surface area (Å²) < 4.78 is 18.5. The first-order valence-electron chi connectivity index (χ1n) is 4.35. The van der Waals surface area contributed by atoms with Crippen molar-refractivity contribution in [3.8, 4) is 0 Å². The van der Waals surface area contributed by atoms with E-state index in [1.54, 1.807) is 13.2 Å². The first kappa shape index (κ1) is 8.51. The molecule has 1 heterocycles. The van der Waals surface area contributed by atoms with Crippen LogP contribution in [-0.4, -0.2) is 19.8 Å². The van der Waals surface area contributed by atoms with Crippen LogP contribution in [0.3, 0.4) is 0 Å². The number of halogens is 1. The molecule has 1 aromatic carbocycles. The van der Waals surface area contributed by atoms with Crippen molar-refractivity contribution in [1.82, 2.24) is 0 Å². The molecule has 1 N–H and O–H groups in total. The molecule has 0 bridgehead atoms. The van der Waals surface area contributed by atoms with Crippen LogP contribution >= 0.6 is 0 Å². The molecule has 2 rings (SSSR count). The summed E-state index contributed by atoms with van der Waals surface area (Å²) in [4.78, 5) is 0. The van der Waals surface area contributed by atoms with Crippen LogP contribution in [0.1, 0.15) is 5.56 Å². The standard InChI is InChI=1S/C10H12FNO/c1-13-7-5-8-9(11)3-2-4-10(8)12-6-7/h2-4,7,12H,5-6H2,1H3. The van der Waals surface area contributed by atoms with Gasteiger partial charge in [-0.2, -0.15) is 0 Å². The van der Waals surface area contributed by atoms with Crippen molar-refractivity contribution in [1.29, 1.82) is 0 Å². The molecule has 1 atom stereocenters. The van der Waals surface area contributed by atoms with E-state index >= 15 is 0 Å². The van der Waals surface area contributed by atoms with Crippen LogP contribution in [0.4, 0.5) is 10.1 Å². The number of nitrogens with one attached hydrogen (secondary N) is 1. The maximum Gasteiger partial charge on any atom is 0.128 e. The van der Waals surface area contributed by atoms with Crippen LogP contribution in [0.5, 0.6) is 0 Å². The molecule has 0 aromatic heterocycles. The number of benzene rings is 1. The minimum Gasteiger partial charge on any atom is -0.382 e. The molecule has 13 heavy (non-hydrogen) atoms. The van der Waals surface area contributed by atoms with Crippen molar-refractivity contribution >= 4 is 5.69 Å². The van der Waals surface area contributed by atoms with Crippen LogP contribution in [0.2, 0.25) is 0 Å². The second-order valence-electron chi connectivity index (χ2n) is 3.21. The summed E-state index contributed by atoms with van der Waals surface area (Å²) in [5, 5.41) is 3.14. The van der Waals surface area contributed by atoms with Gasteiger partial charge in [0.2, 0.25) is 0 Å². The van der Waals surface area contributed by atoms with Crippen LogP contribution in [0.25, 0.3) is 0 Å². The summed E-state index contributed by atoms with van der Waals surface area (Å²) in [5.74, 6) is -0.147. The van der Waals surface area contributed by atoms with E-state index in [2.05, 4.69) is 5.32 Å². The van der Waals surface area contributed by atoms with E-state index in [9.17, 15) is 4.39 Å². The van der Waals surface area contributed by atoms with E-state index in [4.69, 9.17) is 4.74 Å². The molecule has 1 aromatic rings. The average Bonchev–Trinajstić information content (AvgIpc) is 2.18. The van der Waals surface area contributed by atoms with E-state index in [1.165, 1.54) is 6.07 Å². The van der Waals surface area contributed by atoms with E-state index in [0.717, 1.165) is 17.8 Å². The molecule has 2 nitrogen and oxygen atoms in total. The van der Waals surface area contributed by atoms with Crippen molar-refractivity contribution in [3.63, 3.8) is 0 Å². The summed E-state index contributed by atoms with van der Waals surface area (Å²) in [6.45, 7) is 0.757. The number of anilines is 1. The van der Waals surface area contributed by atoms with Crippen molar-refractivity contribution in [2.75, 3.05) is 19.0 Å². The first-order chi connectivity index (χ1) is 6.31. The Hall–Kier alpha value is -1.09. The quantitative estimate of drug-likeness (QED) is 0.713. The van der Waals surface area contributed by atoms with Gasteiger partial charge in [-0.05, 0) is 12.1 Å². The third-order valence-electron chi connectivity index (χ3n) is 2.40. The summed E-state index contributed by atoms with van der Waals surface area (Å²) in [5.41, 5.74) is 1.63. The van der Waals surface area contributed by atoms with Gasteiger partial charge < -0.3 is 10.1 Å². The highest BCUT2D eigenvalue weighted by molar-refractivity contribution is 5.54. The fraction of sp³-hybridized carbons (Fsp3) is 0.400. The van der Waals surface area contributed by atoms with Crippen LogP contribution < -0.4 is 5.32 Å². The molecule has 0 saturated carbocycles. The third-order valence-corrected chi connectivity index (χ3v) is 2.40. The van der Waals surface area contributed by atoms with Gasteiger partial charge in [0.1, 0.15) is 5.82 Å². The molecule has 1 aliphatic rings. The summed E-state index contributed by atoms with van der Waals surface area (Å²) in [7, 11) is 1.65. The zero-order chi connectivity index (χ0) is 9.26. The summed E-state index contributed by atoms with van der Waals surface area (Å²) in [6, 6.07) is 5.09. The number of methoxy groups -OCH3 is 1. The van der Waals surface area contributed by atoms with Gasteiger partial charge in [0.25, 0.3) is 0 Å². The molecule has 0 fully saturated rings. The first-order valence-corrected chi connectivity index (χ1v) is 4.35. The zero-order valence-electron chi connectivity index (χ0n) is 7.51. The molecule has 0 spiro atoms. The molecule has 0 saturated heterocycles. The molecule has 1 unspecified atom stereocenters. The number of rotatable bonds is 1. The Kier molecular flexibility index (Phi) is 2.19. The molecule has 0 amide bonds. The normalized spacial score (nSPS) is 20.6. The van der Waals surface area contributed by atoms with Gasteiger partial charge >= 0.3 is 0 Å². The highest BCUT2D eigenvalue weighted by Gasteiger charge is 2.19. The van der Waals surface area contributed by atoms with Gasteiger partial charge in [-0.25, -0.2) is 4.39 Å². The van der Waals surface area contributed by atoms with E-state index in [1.807, 2.05) is 6.07 Å². The minimum absolute atomic E-state index is 0.0874. The van der Waals surface area contributed by atoms with Crippen molar-refractivity contribution < 1.29 is 9.13 Å². The highest BCUT2D eigenvalue weighted by Crippen LogP contribution is 2.24. The molecule has 70 valence electrons. The average molecular weight is 181 g/mol. The lowest BCUT2D eigenvalue weighted by Crippen LogP contribution is -2.30. The SMILES string of the molecule is COC1CNc2cccc(F)c2C1. The van der Waals surface area contributed by atoms with Gasteiger partial charge in [0, 0.05) is 31.3 Å². The third kappa shape index (κ3) is 1.52. The maximum atomic E-state index is 13.3. The predicted octanol–water partition coefficient (Wildman–Crippen LogP) is 1.81. The Morgan fingerprint density at radius 3 is 3.15 bits per heavy atom. The van der Waals surface area contributed by atoms with Crippen molar-refractivity contribution in [3.05, 3.63) is 29.6 Å². The lowest BCUT2D eigenvalue weighted by Gasteiger charge is -2.25. The molecular formula is C10H12FNO. The Morgan fingerprint density at radius 2 is 2.38 bits per heavy atom. The van der Waals surface area contributed by atoms with Gasteiger partial charge in [-0.3, -0.25) is 0 Å². The van der Waals surface area contributed by atoms with Crippen LogP contribution in [-0.2, 0) is 11.2 Å². The van der Waals surface area contributed by atoms with Gasteiger partial charge in [0.15, 0.2) is 0 Å². The predicted molar refractivity (Wildman–Crippen MR) is 49.4 cm³/mol. The van der Waals surface area contributed by atoms with E-state index < -0.39 is 0 Å². The van der Waals surface area contributed by atoms with Gasteiger partial charge in [-0.1, -0.05) is 6.07 Å². The van der Waals surface area contributed by atoms with Crippen LogP contribution in [0, 0.1) is 5.82 Å². The van der Waals surface area contributed by atoms with Crippen molar-refractivity contribution in [2.24, 2.45) is 0 Å². The van der Waals surface area contributed by atoms with Gasteiger partial charge in [0.05, 0.1) is 6.10 Å². The Morgan fingerprint density at radius 1 is 1.54 bits per heavy atom. The highest BCUT2D eigenvalue weighted by atomic mass is 19.1. The Labute approximate surface area is 76.7 Å². The summed E-state index contributed by atoms with van der Waals surface area (Å²) in [6.07, 6.45) is 0.746. The topological polar surface area (TPSA) is 21.3 Å². The second-order valence-corrected chi connectivity index (χ2v) is 3.21. The van der Waals surface area contributed by atoms with Crippen LogP contribution in [0.15, 0.2) is 18.2 Å². The maximum absolute atomic E-state index is 13.3. The Bertz CT molecular complexity index is 314. The smallest absolute Gasteiger partial charge is 0.128 e. The number of hydrogen-bond donors (Lipinski definition) is 1. The van der Waals surface area contributed by atoms with Crippen molar-refractivity contribution in [2.45, 2.75) is 12.5 Å². The van der Waals surface area contributed by atoms with E-state index in [0.29, 0.717) is 6.42 Å². The monoisotopic (exact) mass is 181 g/mol. The molecular weight excluding hydrogens is 169 g/mol. The molecule has 0 radical (unpaired) electrons. The second kappa shape index (κ2) is 3.34. The zero-order valence-corrected chi connectivity index (χ0v) is 7.51. The number of ether oxygens (including phenoxy) is 1. The Balaban J connectivity index is 2.32. The fourth-order valence-corrected chi connectivity index (χ4v) is 1.62. The number of hydrogen-bond acceptors (Lipinski definition) is 2. The molecule has 1 aliphatic heterocycles. The largest absolute Gasteiger partial charge is 0.382 e. The molecule has 3 heteroatoms. The fourth-order valence-electron chi connectivity index (χ4n) is 1.62. The van der Waals surface area contributed by atoms with E-state index in [-0.39, 0.29) is 11.9 Å². The van der Waals surface area contributed by atoms with Gasteiger partial charge in [-0.15, -0.1) is 0 Å².